The number of fused-ring (bicyclic) bond motifs is 1. The summed E-state index contributed by atoms with van der Waals surface area (Å²) in [5, 5.41) is 17.0. The van der Waals surface area contributed by atoms with Gasteiger partial charge in [-0.15, -0.1) is 0 Å². The summed E-state index contributed by atoms with van der Waals surface area (Å²) in [5.74, 6) is 1.59. The number of nitriles is 1. The Morgan fingerprint density at radius 3 is 2.71 bits per heavy atom. The van der Waals surface area contributed by atoms with Gasteiger partial charge in [0.15, 0.2) is 5.82 Å². The molecule has 176 valence electrons. The number of hydrogen-bond acceptors (Lipinski definition) is 9. The van der Waals surface area contributed by atoms with Gasteiger partial charge in [-0.1, -0.05) is 11.6 Å². The Labute approximate surface area is 206 Å². The van der Waals surface area contributed by atoms with Crippen LogP contribution in [-0.4, -0.2) is 37.6 Å². The Hall–Kier alpha value is -4.23. The second-order valence-corrected chi connectivity index (χ2v) is 9.13. The quantitative estimate of drug-likeness (QED) is 0.420. The number of anilines is 4. The van der Waals surface area contributed by atoms with Gasteiger partial charge in [-0.3, -0.25) is 4.79 Å². The molecule has 0 bridgehead atoms. The summed E-state index contributed by atoms with van der Waals surface area (Å²) in [6, 6.07) is 11.3. The van der Waals surface area contributed by atoms with Crippen LogP contribution in [0.1, 0.15) is 12.7 Å². The smallest absolute Gasteiger partial charge is 0.252 e. The molecule has 1 aromatic carbocycles. The Balaban J connectivity index is 1.44. The maximum atomic E-state index is 12.5. The van der Waals surface area contributed by atoms with Crippen LogP contribution in [0.2, 0.25) is 5.02 Å². The largest absolute Gasteiger partial charge is 0.377 e. The minimum atomic E-state index is -0.390. The van der Waals surface area contributed by atoms with E-state index in [4.69, 9.17) is 11.6 Å². The molecule has 4 heterocycles. The van der Waals surface area contributed by atoms with E-state index in [-0.39, 0.29) is 11.0 Å². The first kappa shape index (κ1) is 22.6. The molecule has 0 aliphatic carbocycles. The van der Waals surface area contributed by atoms with Crippen molar-refractivity contribution in [3.63, 3.8) is 0 Å². The fraction of sp³-hybridized carbons (Fsp3) is 0.250. The lowest BCUT2D eigenvalue weighted by Gasteiger charge is -2.43. The van der Waals surface area contributed by atoms with E-state index in [9.17, 15) is 10.1 Å². The van der Waals surface area contributed by atoms with Gasteiger partial charge in [0.2, 0.25) is 5.95 Å². The number of pyridine rings is 1. The topological polar surface area (TPSA) is 125 Å². The molecular weight excluding hydrogens is 466 g/mol. The molecule has 2 N–H and O–H groups in total. The predicted molar refractivity (Wildman–Crippen MR) is 135 cm³/mol. The second-order valence-electron chi connectivity index (χ2n) is 8.73. The van der Waals surface area contributed by atoms with Gasteiger partial charge in [0, 0.05) is 55.4 Å². The van der Waals surface area contributed by atoms with Crippen molar-refractivity contribution in [2.75, 3.05) is 28.6 Å². The lowest BCUT2D eigenvalue weighted by Crippen LogP contribution is -2.54. The van der Waals surface area contributed by atoms with Crippen LogP contribution in [0.15, 0.2) is 53.7 Å². The van der Waals surface area contributed by atoms with Crippen LogP contribution in [-0.2, 0) is 13.6 Å². The van der Waals surface area contributed by atoms with Crippen molar-refractivity contribution in [2.45, 2.75) is 13.5 Å². The van der Waals surface area contributed by atoms with Gasteiger partial charge in [-0.2, -0.15) is 10.2 Å². The van der Waals surface area contributed by atoms with Crippen molar-refractivity contribution in [3.05, 3.63) is 70.1 Å². The van der Waals surface area contributed by atoms with Gasteiger partial charge in [-0.25, -0.2) is 15.0 Å². The lowest BCUT2D eigenvalue weighted by atomic mass is 9.84. The number of aryl methyl sites for hydroxylation is 1. The Bertz CT molecular complexity index is 1510. The van der Waals surface area contributed by atoms with E-state index in [0.29, 0.717) is 47.9 Å². The molecule has 0 atom stereocenters. The molecule has 1 aliphatic heterocycles. The molecular formula is C24H22ClN9O. The zero-order valence-corrected chi connectivity index (χ0v) is 19.9. The second kappa shape index (κ2) is 8.85. The molecule has 10 nitrogen and oxygen atoms in total. The normalized spacial score (nSPS) is 14.3. The van der Waals surface area contributed by atoms with Crippen molar-refractivity contribution in [3.8, 4) is 6.07 Å². The lowest BCUT2D eigenvalue weighted by molar-refractivity contribution is 0.332. The molecule has 0 unspecified atom stereocenters. The number of nitrogens with zero attached hydrogens (tertiary/aromatic N) is 7. The first-order valence-electron chi connectivity index (χ1n) is 10.9. The van der Waals surface area contributed by atoms with Crippen LogP contribution in [0.3, 0.4) is 0 Å². The van der Waals surface area contributed by atoms with Crippen LogP contribution in [0, 0.1) is 16.7 Å². The van der Waals surface area contributed by atoms with Crippen molar-refractivity contribution in [1.82, 2.24) is 24.5 Å². The third kappa shape index (κ3) is 4.46. The zero-order valence-electron chi connectivity index (χ0n) is 19.2. The standard InChI is InChI=1S/C24H22ClN9O/c1-24(12-26)13-34(14-24)23-30-10-17(25)22(32-23)31-15-4-5-19-16(8-15)18(9-21(35)33(19)2)29-11-20-27-6-3-7-28-20/h3-10,29H,11,13-14H2,1-2H3,(H,30,31,32). The van der Waals surface area contributed by atoms with E-state index in [1.54, 1.807) is 42.3 Å². The summed E-state index contributed by atoms with van der Waals surface area (Å²) in [6.07, 6.45) is 4.90. The highest BCUT2D eigenvalue weighted by Gasteiger charge is 2.40. The van der Waals surface area contributed by atoms with Crippen molar-refractivity contribution < 1.29 is 0 Å². The van der Waals surface area contributed by atoms with Gasteiger partial charge < -0.3 is 20.1 Å². The fourth-order valence-electron chi connectivity index (χ4n) is 4.02. The van der Waals surface area contributed by atoms with Crippen LogP contribution in [0.4, 0.5) is 23.1 Å². The molecule has 4 aromatic rings. The third-order valence-corrected chi connectivity index (χ3v) is 6.21. The molecule has 3 aromatic heterocycles. The highest BCUT2D eigenvalue weighted by Crippen LogP contribution is 2.34. The van der Waals surface area contributed by atoms with Crippen LogP contribution < -0.4 is 21.1 Å². The maximum absolute atomic E-state index is 12.5. The maximum Gasteiger partial charge on any atom is 0.252 e. The summed E-state index contributed by atoms with van der Waals surface area (Å²) < 4.78 is 1.59. The molecule has 35 heavy (non-hydrogen) atoms. The van der Waals surface area contributed by atoms with Gasteiger partial charge in [0.25, 0.3) is 5.56 Å². The van der Waals surface area contributed by atoms with E-state index < -0.39 is 0 Å². The minimum absolute atomic E-state index is 0.128. The number of rotatable bonds is 6. The number of halogens is 1. The molecule has 1 saturated heterocycles. The Morgan fingerprint density at radius 2 is 1.97 bits per heavy atom. The van der Waals surface area contributed by atoms with Gasteiger partial charge in [0.1, 0.15) is 10.8 Å². The summed E-state index contributed by atoms with van der Waals surface area (Å²) >= 11 is 6.38. The number of benzene rings is 1. The molecule has 0 saturated carbocycles. The minimum Gasteiger partial charge on any atom is -0.377 e. The summed E-state index contributed by atoms with van der Waals surface area (Å²) in [5.41, 5.74) is 1.67. The Morgan fingerprint density at radius 1 is 1.20 bits per heavy atom. The van der Waals surface area contributed by atoms with E-state index in [1.807, 2.05) is 30.0 Å². The van der Waals surface area contributed by atoms with Crippen molar-refractivity contribution in [2.24, 2.45) is 12.5 Å². The number of aromatic nitrogens is 5. The molecule has 5 rings (SSSR count). The molecule has 11 heteroatoms. The monoisotopic (exact) mass is 487 g/mol. The number of hydrogen-bond donors (Lipinski definition) is 2. The van der Waals surface area contributed by atoms with Crippen LogP contribution in [0.25, 0.3) is 10.9 Å². The molecule has 0 radical (unpaired) electrons. The van der Waals surface area contributed by atoms with E-state index in [1.165, 1.54) is 0 Å². The van der Waals surface area contributed by atoms with E-state index in [0.717, 1.165) is 16.6 Å². The van der Waals surface area contributed by atoms with E-state index in [2.05, 4.69) is 36.6 Å². The van der Waals surface area contributed by atoms with Crippen LogP contribution >= 0.6 is 11.6 Å². The van der Waals surface area contributed by atoms with Crippen LogP contribution in [0.5, 0.6) is 0 Å². The van der Waals surface area contributed by atoms with Gasteiger partial charge in [0.05, 0.1) is 29.7 Å². The number of nitrogens with one attached hydrogen (secondary N) is 2. The highest BCUT2D eigenvalue weighted by atomic mass is 35.5. The molecule has 1 aliphatic rings. The first-order chi connectivity index (χ1) is 16.8. The van der Waals surface area contributed by atoms with E-state index >= 15 is 0 Å². The Kier molecular flexibility index (Phi) is 5.70. The molecule has 0 spiro atoms. The SMILES string of the molecule is Cn1c(=O)cc(NCc2ncccn2)c2cc(Nc3nc(N4CC(C)(C#N)C4)ncc3Cl)ccc21. The third-order valence-electron chi connectivity index (χ3n) is 5.93. The fourth-order valence-corrected chi connectivity index (χ4v) is 4.16. The van der Waals surface area contributed by atoms with Crippen molar-refractivity contribution >= 4 is 45.6 Å². The molecule has 1 fully saturated rings. The summed E-state index contributed by atoms with van der Waals surface area (Å²) in [7, 11) is 1.73. The van der Waals surface area contributed by atoms with Crippen molar-refractivity contribution in [1.29, 1.82) is 5.26 Å². The van der Waals surface area contributed by atoms with Gasteiger partial charge >= 0.3 is 0 Å². The predicted octanol–water partition coefficient (Wildman–Crippen LogP) is 3.48. The average molecular weight is 488 g/mol. The summed E-state index contributed by atoms with van der Waals surface area (Å²) in [6.45, 7) is 3.42. The zero-order chi connectivity index (χ0) is 24.6. The first-order valence-corrected chi connectivity index (χ1v) is 11.3. The molecule has 0 amide bonds. The summed E-state index contributed by atoms with van der Waals surface area (Å²) in [4.78, 5) is 31.8. The average Bonchev–Trinajstić information content (AvgIpc) is 2.85. The highest BCUT2D eigenvalue weighted by molar-refractivity contribution is 6.32. The van der Waals surface area contributed by atoms with Gasteiger partial charge in [-0.05, 0) is 31.2 Å².